The van der Waals surface area contributed by atoms with Crippen molar-refractivity contribution < 1.29 is 8.97 Å². The molecule has 3 heteroatoms. The first-order valence-electron chi connectivity index (χ1n) is 8.22. The van der Waals surface area contributed by atoms with E-state index < -0.39 is 0 Å². The first-order valence-corrected chi connectivity index (χ1v) is 9.02. The number of allylic oxidation sites excluding steroid dienone is 2. The molecule has 0 bridgehead atoms. The summed E-state index contributed by atoms with van der Waals surface area (Å²) in [6.45, 7) is 21.8. The molecule has 0 spiro atoms. The minimum atomic E-state index is 1.05. The second-order valence-electron chi connectivity index (χ2n) is 5.54. The van der Waals surface area contributed by atoms with Crippen LogP contribution in [0.2, 0.25) is 0 Å². The van der Waals surface area contributed by atoms with Gasteiger partial charge in [0.05, 0.1) is 52.0 Å². The number of likely N-dealkylation sites (N-methyl/N-ethyl adjacent to an activating group) is 1. The molecule has 2 nitrogen and oxygen atoms in total. The lowest BCUT2D eigenvalue weighted by molar-refractivity contribution is -0.917. The Labute approximate surface area is 135 Å². The third-order valence-electron chi connectivity index (χ3n) is 5.13. The molecule has 0 heterocycles. The predicted molar refractivity (Wildman–Crippen MR) is 94.8 cm³/mol. The predicted octanol–water partition coefficient (Wildman–Crippen LogP) is 4.53. The van der Waals surface area contributed by atoms with Gasteiger partial charge in [-0.25, -0.2) is 0 Å². The zero-order valence-electron chi connectivity index (χ0n) is 14.5. The summed E-state index contributed by atoms with van der Waals surface area (Å²) in [5.41, 5.74) is 0. The number of halogens is 1. The van der Waals surface area contributed by atoms with Crippen molar-refractivity contribution in [2.24, 2.45) is 0 Å². The molecule has 118 valence electrons. The second kappa shape index (κ2) is 9.75. The summed E-state index contributed by atoms with van der Waals surface area (Å²) in [6.07, 6.45) is 6.92. The quantitative estimate of drug-likeness (QED) is 0.402. The lowest BCUT2D eigenvalue weighted by Gasteiger charge is -2.34. The maximum atomic E-state index is 3.71. The summed E-state index contributed by atoms with van der Waals surface area (Å²) in [6, 6.07) is 0. The Bertz CT molecular complexity index is 296. The summed E-state index contributed by atoms with van der Waals surface area (Å²) in [4.78, 5) is 0. The summed E-state index contributed by atoms with van der Waals surface area (Å²) < 4.78 is 3.43. The molecule has 0 aromatic heterocycles. The van der Waals surface area contributed by atoms with Crippen LogP contribution in [0.3, 0.4) is 0 Å². The number of hydrogen-bond acceptors (Lipinski definition) is 0. The number of quaternary nitrogens is 2. The molecule has 0 N–H and O–H groups in total. The van der Waals surface area contributed by atoms with Gasteiger partial charge in [0.15, 0.2) is 0 Å². The summed E-state index contributed by atoms with van der Waals surface area (Å²) >= 11 is 3.71. The molecule has 0 aromatic carbocycles. The number of rotatable bonds is 10. The van der Waals surface area contributed by atoms with Crippen molar-refractivity contribution in [2.75, 3.05) is 45.8 Å². The minimum Gasteiger partial charge on any atom is -0.321 e. The largest absolute Gasteiger partial charge is 0.321 e. The van der Waals surface area contributed by atoms with E-state index in [0.29, 0.717) is 0 Å². The van der Waals surface area contributed by atoms with E-state index in [1.54, 1.807) is 0 Å². The molecule has 0 fully saturated rings. The van der Waals surface area contributed by atoms with Crippen molar-refractivity contribution in [2.45, 2.75) is 41.5 Å². The highest BCUT2D eigenvalue weighted by atomic mass is 79.9. The monoisotopic (exact) mass is 346 g/mol. The molecule has 0 aliphatic carbocycles. The Kier molecular flexibility index (Phi) is 9.69. The molecule has 0 aromatic rings. The van der Waals surface area contributed by atoms with Gasteiger partial charge < -0.3 is 4.48 Å². The van der Waals surface area contributed by atoms with Gasteiger partial charge in [-0.15, -0.1) is 0 Å². The van der Waals surface area contributed by atoms with E-state index in [1.807, 2.05) is 0 Å². The van der Waals surface area contributed by atoms with Gasteiger partial charge >= 0.3 is 0 Å². The van der Waals surface area contributed by atoms with E-state index in [0.717, 1.165) is 35.1 Å². The molecule has 0 aliphatic heterocycles. The summed E-state index contributed by atoms with van der Waals surface area (Å²) in [5, 5.41) is 0. The highest BCUT2D eigenvalue weighted by Gasteiger charge is 2.19. The van der Waals surface area contributed by atoms with Crippen LogP contribution in [0, 0.1) is 0 Å². The second-order valence-corrected chi connectivity index (χ2v) is 6.46. The van der Waals surface area contributed by atoms with Crippen molar-refractivity contribution >= 4 is 15.9 Å². The van der Waals surface area contributed by atoms with Crippen molar-refractivity contribution in [1.82, 2.24) is 0 Å². The standard InChI is InChI=1S/C17H35BrN2/c1-7-19(8-2,9-3)15-13-17(18)14-16-20(10-4,11-5)12-6/h13-15H,7-12,16H2,1-6H3/q+2/b15-13+,17-14-. The minimum absolute atomic E-state index is 1.05. The molecule has 0 aliphatic rings. The van der Waals surface area contributed by atoms with Crippen molar-refractivity contribution in [3.05, 3.63) is 22.8 Å². The average Bonchev–Trinajstić information content (AvgIpc) is 2.51. The molecule has 0 amide bonds. The summed E-state index contributed by atoms with van der Waals surface area (Å²) in [5.74, 6) is 0. The Morgan fingerprint density at radius 3 is 1.60 bits per heavy atom. The smallest absolute Gasteiger partial charge is 0.0987 e. The Morgan fingerprint density at radius 2 is 1.25 bits per heavy atom. The molecule has 0 radical (unpaired) electrons. The topological polar surface area (TPSA) is 0 Å². The Hall–Kier alpha value is -0.120. The molecule has 0 unspecified atom stereocenters. The van der Waals surface area contributed by atoms with E-state index in [-0.39, 0.29) is 0 Å². The average molecular weight is 347 g/mol. The van der Waals surface area contributed by atoms with Gasteiger partial charge in [0.25, 0.3) is 0 Å². The van der Waals surface area contributed by atoms with Crippen molar-refractivity contribution in [1.29, 1.82) is 0 Å². The fourth-order valence-corrected chi connectivity index (χ4v) is 2.89. The van der Waals surface area contributed by atoms with Crippen LogP contribution in [0.1, 0.15) is 41.5 Å². The summed E-state index contributed by atoms with van der Waals surface area (Å²) in [7, 11) is 0. The first-order chi connectivity index (χ1) is 9.46. The van der Waals surface area contributed by atoms with E-state index >= 15 is 0 Å². The van der Waals surface area contributed by atoms with Crippen LogP contribution in [-0.2, 0) is 0 Å². The van der Waals surface area contributed by atoms with Gasteiger partial charge in [-0.2, -0.15) is 0 Å². The third-order valence-corrected chi connectivity index (χ3v) is 5.71. The van der Waals surface area contributed by atoms with Gasteiger partial charge in [-0.1, -0.05) is 15.9 Å². The zero-order valence-corrected chi connectivity index (χ0v) is 16.0. The Balaban J connectivity index is 4.83. The van der Waals surface area contributed by atoms with Gasteiger partial charge in [-0.05, 0) is 47.6 Å². The van der Waals surface area contributed by atoms with Crippen LogP contribution in [0.4, 0.5) is 0 Å². The molecule has 0 saturated carbocycles. The van der Waals surface area contributed by atoms with Crippen LogP contribution in [-0.4, -0.2) is 54.8 Å². The molecular weight excluding hydrogens is 312 g/mol. The highest BCUT2D eigenvalue weighted by molar-refractivity contribution is 9.11. The van der Waals surface area contributed by atoms with E-state index in [2.05, 4.69) is 75.8 Å². The van der Waals surface area contributed by atoms with Crippen LogP contribution < -0.4 is 0 Å². The Morgan fingerprint density at radius 1 is 0.800 bits per heavy atom. The van der Waals surface area contributed by atoms with Gasteiger partial charge in [-0.3, -0.25) is 4.48 Å². The third kappa shape index (κ3) is 5.71. The first kappa shape index (κ1) is 19.9. The maximum Gasteiger partial charge on any atom is 0.0987 e. The van der Waals surface area contributed by atoms with E-state index in [9.17, 15) is 0 Å². The van der Waals surface area contributed by atoms with Gasteiger partial charge in [0.2, 0.25) is 0 Å². The van der Waals surface area contributed by atoms with Crippen molar-refractivity contribution in [3.63, 3.8) is 0 Å². The zero-order chi connectivity index (χ0) is 15.6. The van der Waals surface area contributed by atoms with E-state index in [4.69, 9.17) is 0 Å². The number of nitrogens with zero attached hydrogens (tertiary/aromatic N) is 2. The molecule has 20 heavy (non-hydrogen) atoms. The molecule has 0 rings (SSSR count). The SMILES string of the molecule is CC[N+](/C=C/C(Br)=C/C[N+](CC)(CC)CC)(CC)CC. The lowest BCUT2D eigenvalue weighted by Crippen LogP contribution is -2.47. The lowest BCUT2D eigenvalue weighted by atomic mass is 10.3. The normalized spacial score (nSPS) is 14.2. The number of hydrogen-bond donors (Lipinski definition) is 0. The maximum absolute atomic E-state index is 3.71. The van der Waals surface area contributed by atoms with Crippen LogP contribution >= 0.6 is 15.9 Å². The molecule has 0 atom stereocenters. The van der Waals surface area contributed by atoms with Crippen LogP contribution in [0.5, 0.6) is 0 Å². The van der Waals surface area contributed by atoms with E-state index in [1.165, 1.54) is 24.1 Å². The molecular formula is C17H35BrN2+2. The highest BCUT2D eigenvalue weighted by Crippen LogP contribution is 2.15. The van der Waals surface area contributed by atoms with Gasteiger partial charge in [0.1, 0.15) is 0 Å². The fraction of sp³-hybridized carbons (Fsp3) is 0.765. The van der Waals surface area contributed by atoms with Crippen LogP contribution in [0.25, 0.3) is 0 Å². The molecule has 0 saturated heterocycles. The van der Waals surface area contributed by atoms with Gasteiger partial charge in [0, 0.05) is 10.6 Å². The fourth-order valence-electron chi connectivity index (χ4n) is 2.62. The van der Waals surface area contributed by atoms with Crippen molar-refractivity contribution in [3.8, 4) is 0 Å². The van der Waals surface area contributed by atoms with Crippen LogP contribution in [0.15, 0.2) is 22.8 Å².